The summed E-state index contributed by atoms with van der Waals surface area (Å²) in [4.78, 5) is 22.4. The molecule has 0 unspecified atom stereocenters. The Hall–Kier alpha value is -2.90. The van der Waals surface area contributed by atoms with Crippen LogP contribution in [0.25, 0.3) is 0 Å². The van der Waals surface area contributed by atoms with Crippen LogP contribution >= 0.6 is 0 Å². The lowest BCUT2D eigenvalue weighted by atomic mass is 10.2. The number of nitrogens with zero attached hydrogens (tertiary/aromatic N) is 3. The molecular weight excluding hydrogens is 300 g/mol. The molecule has 0 radical (unpaired) electrons. The lowest BCUT2D eigenvalue weighted by molar-refractivity contribution is -0.385. The van der Waals surface area contributed by atoms with Crippen molar-refractivity contribution in [2.75, 3.05) is 0 Å². The molecule has 23 heavy (non-hydrogen) atoms. The third-order valence-corrected chi connectivity index (χ3v) is 3.57. The molecule has 1 N–H and O–H groups in total. The first-order chi connectivity index (χ1) is 10.9. The molecule has 1 heterocycles. The number of aryl methyl sites for hydroxylation is 2. The second-order valence-corrected chi connectivity index (χ2v) is 5.55. The van der Waals surface area contributed by atoms with E-state index in [2.05, 4.69) is 10.4 Å². The Morgan fingerprint density at radius 2 is 2.17 bits per heavy atom. The highest BCUT2D eigenvalue weighted by molar-refractivity contribution is 5.93. The zero-order valence-electron chi connectivity index (χ0n) is 12.8. The third-order valence-electron chi connectivity index (χ3n) is 3.57. The molecule has 1 fully saturated rings. The SMILES string of the molecule is Cc1cc(Oc2cc(C(=O)NC3CC3)nn2C)ccc1[N+](=O)[O-]. The van der Waals surface area contributed by atoms with Crippen LogP contribution in [0.3, 0.4) is 0 Å². The third kappa shape index (κ3) is 3.31. The summed E-state index contributed by atoms with van der Waals surface area (Å²) in [6, 6.07) is 6.29. The summed E-state index contributed by atoms with van der Waals surface area (Å²) < 4.78 is 7.13. The van der Waals surface area contributed by atoms with Gasteiger partial charge < -0.3 is 10.1 Å². The fourth-order valence-electron chi connectivity index (χ4n) is 2.16. The number of hydrogen-bond acceptors (Lipinski definition) is 5. The zero-order valence-corrected chi connectivity index (χ0v) is 12.8. The summed E-state index contributed by atoms with van der Waals surface area (Å²) in [5, 5.41) is 17.8. The van der Waals surface area contributed by atoms with Gasteiger partial charge in [-0.15, -0.1) is 0 Å². The predicted octanol–water partition coefficient (Wildman–Crippen LogP) is 2.32. The van der Waals surface area contributed by atoms with Crippen molar-refractivity contribution in [1.82, 2.24) is 15.1 Å². The maximum atomic E-state index is 12.0. The number of hydrogen-bond donors (Lipinski definition) is 1. The molecule has 3 rings (SSSR count). The second-order valence-electron chi connectivity index (χ2n) is 5.55. The molecule has 0 saturated heterocycles. The first-order valence-corrected chi connectivity index (χ1v) is 7.22. The standard InChI is InChI=1S/C15H16N4O4/c1-9-7-11(5-6-13(9)19(21)22)23-14-8-12(17-18(14)2)15(20)16-10-3-4-10/h5-8,10H,3-4H2,1-2H3,(H,16,20). The second kappa shape index (κ2) is 5.71. The van der Waals surface area contributed by atoms with Gasteiger partial charge in [-0.1, -0.05) is 0 Å². The highest BCUT2D eigenvalue weighted by Gasteiger charge is 2.25. The van der Waals surface area contributed by atoms with Gasteiger partial charge in [0.25, 0.3) is 11.6 Å². The first-order valence-electron chi connectivity index (χ1n) is 7.22. The molecule has 8 nitrogen and oxygen atoms in total. The van der Waals surface area contributed by atoms with Crippen molar-refractivity contribution < 1.29 is 14.5 Å². The summed E-state index contributed by atoms with van der Waals surface area (Å²) in [6.45, 7) is 1.64. The van der Waals surface area contributed by atoms with Crippen LogP contribution in [0.15, 0.2) is 24.3 Å². The number of carbonyl (C=O) groups excluding carboxylic acids is 1. The van der Waals surface area contributed by atoms with Crippen molar-refractivity contribution in [2.45, 2.75) is 25.8 Å². The van der Waals surface area contributed by atoms with Crippen molar-refractivity contribution in [2.24, 2.45) is 7.05 Å². The van der Waals surface area contributed by atoms with E-state index in [1.54, 1.807) is 26.1 Å². The van der Waals surface area contributed by atoms with E-state index < -0.39 is 4.92 Å². The highest BCUT2D eigenvalue weighted by atomic mass is 16.6. The van der Waals surface area contributed by atoms with Crippen LogP contribution in [-0.2, 0) is 7.05 Å². The summed E-state index contributed by atoms with van der Waals surface area (Å²) in [6.07, 6.45) is 2.01. The van der Waals surface area contributed by atoms with Gasteiger partial charge in [-0.3, -0.25) is 14.9 Å². The fourth-order valence-corrected chi connectivity index (χ4v) is 2.16. The lowest BCUT2D eigenvalue weighted by Crippen LogP contribution is -2.25. The minimum atomic E-state index is -0.441. The molecule has 0 atom stereocenters. The molecule has 0 bridgehead atoms. The summed E-state index contributed by atoms with van der Waals surface area (Å²) in [5.74, 6) is 0.613. The number of ether oxygens (including phenoxy) is 1. The number of nitro groups is 1. The average Bonchev–Trinajstić information content (AvgIpc) is 3.22. The molecular formula is C15H16N4O4. The van der Waals surface area contributed by atoms with Crippen LogP contribution in [0.1, 0.15) is 28.9 Å². The van der Waals surface area contributed by atoms with E-state index in [9.17, 15) is 14.9 Å². The molecule has 0 aliphatic heterocycles. The van der Waals surface area contributed by atoms with Crippen LogP contribution in [0, 0.1) is 17.0 Å². The molecule has 1 aliphatic rings. The molecule has 1 aromatic heterocycles. The van der Waals surface area contributed by atoms with E-state index >= 15 is 0 Å². The van der Waals surface area contributed by atoms with Gasteiger partial charge in [0.1, 0.15) is 5.75 Å². The van der Waals surface area contributed by atoms with E-state index in [0.29, 0.717) is 17.2 Å². The van der Waals surface area contributed by atoms with E-state index in [1.165, 1.54) is 16.8 Å². The van der Waals surface area contributed by atoms with Gasteiger partial charge in [0.2, 0.25) is 5.88 Å². The number of aromatic nitrogens is 2. The minimum absolute atomic E-state index is 0.0341. The number of rotatable bonds is 5. The Morgan fingerprint density at radius 3 is 2.78 bits per heavy atom. The van der Waals surface area contributed by atoms with Crippen molar-refractivity contribution >= 4 is 11.6 Å². The van der Waals surface area contributed by atoms with Gasteiger partial charge in [-0.25, -0.2) is 4.68 Å². The van der Waals surface area contributed by atoms with Crippen LogP contribution in [0.5, 0.6) is 11.6 Å². The number of amides is 1. The molecule has 1 aliphatic carbocycles. The summed E-state index contributed by atoms with van der Waals surface area (Å²) >= 11 is 0. The maximum Gasteiger partial charge on any atom is 0.272 e. The minimum Gasteiger partial charge on any atom is -0.439 e. The Kier molecular flexibility index (Phi) is 3.73. The van der Waals surface area contributed by atoms with Crippen LogP contribution < -0.4 is 10.1 Å². The van der Waals surface area contributed by atoms with E-state index in [1.807, 2.05) is 0 Å². The topological polar surface area (TPSA) is 99.3 Å². The van der Waals surface area contributed by atoms with Crippen molar-refractivity contribution in [1.29, 1.82) is 0 Å². The Bertz CT molecular complexity index is 780. The average molecular weight is 316 g/mol. The number of carbonyl (C=O) groups is 1. The molecule has 1 aromatic carbocycles. The normalized spacial score (nSPS) is 13.7. The van der Waals surface area contributed by atoms with Gasteiger partial charge in [0.15, 0.2) is 5.69 Å². The van der Waals surface area contributed by atoms with Gasteiger partial charge >= 0.3 is 0 Å². The molecule has 0 spiro atoms. The quantitative estimate of drug-likeness (QED) is 0.674. The highest BCUT2D eigenvalue weighted by Crippen LogP contribution is 2.27. The molecule has 2 aromatic rings. The van der Waals surface area contributed by atoms with Gasteiger partial charge in [0.05, 0.1) is 4.92 Å². The summed E-state index contributed by atoms with van der Waals surface area (Å²) in [7, 11) is 1.67. The largest absolute Gasteiger partial charge is 0.439 e. The number of nitro benzene ring substituents is 1. The van der Waals surface area contributed by atoms with Crippen molar-refractivity contribution in [3.63, 3.8) is 0 Å². The van der Waals surface area contributed by atoms with E-state index in [-0.39, 0.29) is 23.3 Å². The van der Waals surface area contributed by atoms with Crippen LogP contribution in [0.2, 0.25) is 0 Å². The van der Waals surface area contributed by atoms with Gasteiger partial charge in [0, 0.05) is 30.8 Å². The van der Waals surface area contributed by atoms with Crippen molar-refractivity contribution in [3.05, 3.63) is 45.6 Å². The first kappa shape index (κ1) is 15.0. The molecule has 1 amide bonds. The van der Waals surface area contributed by atoms with Crippen LogP contribution in [0.4, 0.5) is 5.69 Å². The van der Waals surface area contributed by atoms with E-state index in [0.717, 1.165) is 12.8 Å². The molecule has 8 heteroatoms. The zero-order chi connectivity index (χ0) is 16.6. The number of benzene rings is 1. The maximum absolute atomic E-state index is 12.0. The lowest BCUT2D eigenvalue weighted by Gasteiger charge is -2.06. The Balaban J connectivity index is 1.77. The monoisotopic (exact) mass is 316 g/mol. The molecule has 1 saturated carbocycles. The smallest absolute Gasteiger partial charge is 0.272 e. The Labute approximate surface area is 132 Å². The van der Waals surface area contributed by atoms with Crippen LogP contribution in [-0.4, -0.2) is 26.7 Å². The van der Waals surface area contributed by atoms with Gasteiger partial charge in [-0.05, 0) is 31.9 Å². The number of nitrogens with one attached hydrogen (secondary N) is 1. The fraction of sp³-hybridized carbons (Fsp3) is 0.333. The van der Waals surface area contributed by atoms with Crippen molar-refractivity contribution in [3.8, 4) is 11.6 Å². The summed E-state index contributed by atoms with van der Waals surface area (Å²) in [5.41, 5.74) is 0.821. The van der Waals surface area contributed by atoms with E-state index in [4.69, 9.17) is 4.74 Å². The predicted molar refractivity (Wildman–Crippen MR) is 81.6 cm³/mol. The molecule has 120 valence electrons. The van der Waals surface area contributed by atoms with Gasteiger partial charge in [-0.2, -0.15) is 5.10 Å². The Morgan fingerprint density at radius 1 is 1.43 bits per heavy atom.